The minimum absolute atomic E-state index is 0.185. The number of carbonyl (C=O) groups excluding carboxylic acids is 1. The van der Waals surface area contributed by atoms with Crippen LogP contribution in [0.15, 0.2) is 48.5 Å². The van der Waals surface area contributed by atoms with E-state index in [0.717, 1.165) is 11.6 Å². The monoisotopic (exact) mass is 260 g/mol. The van der Waals surface area contributed by atoms with Gasteiger partial charge in [0.05, 0.1) is 5.56 Å². The van der Waals surface area contributed by atoms with Crippen molar-refractivity contribution in [2.45, 2.75) is 19.3 Å². The van der Waals surface area contributed by atoms with Crippen LogP contribution in [0.25, 0.3) is 0 Å². The van der Waals surface area contributed by atoms with Crippen LogP contribution in [-0.4, -0.2) is 5.78 Å². The molecule has 0 fully saturated rings. The summed E-state index contributed by atoms with van der Waals surface area (Å²) in [6.45, 7) is 1.85. The Balaban J connectivity index is 2.39. The fourth-order valence-electron chi connectivity index (χ4n) is 2.14. The SMILES string of the molecule is CCC(C(=O)c1cccc(F)c1F)c1ccccc1. The maximum atomic E-state index is 13.7. The molecule has 0 aliphatic heterocycles. The fourth-order valence-corrected chi connectivity index (χ4v) is 2.14. The highest BCUT2D eigenvalue weighted by atomic mass is 19.2. The zero-order valence-electron chi connectivity index (χ0n) is 10.6. The van der Waals surface area contributed by atoms with E-state index in [1.54, 1.807) is 0 Å². The second-order valence-electron chi connectivity index (χ2n) is 4.34. The lowest BCUT2D eigenvalue weighted by Crippen LogP contribution is -2.14. The van der Waals surface area contributed by atoms with Crippen molar-refractivity contribution in [1.82, 2.24) is 0 Å². The van der Waals surface area contributed by atoms with Gasteiger partial charge in [0, 0.05) is 5.92 Å². The molecule has 1 unspecified atom stereocenters. The highest BCUT2D eigenvalue weighted by Gasteiger charge is 2.23. The van der Waals surface area contributed by atoms with Gasteiger partial charge in [-0.3, -0.25) is 4.79 Å². The predicted molar refractivity (Wildman–Crippen MR) is 70.2 cm³/mol. The lowest BCUT2D eigenvalue weighted by atomic mass is 9.88. The van der Waals surface area contributed by atoms with E-state index in [1.807, 2.05) is 37.3 Å². The number of hydrogen-bond donors (Lipinski definition) is 0. The van der Waals surface area contributed by atoms with E-state index in [1.165, 1.54) is 12.1 Å². The number of halogens is 2. The number of rotatable bonds is 4. The molecule has 3 heteroatoms. The van der Waals surface area contributed by atoms with E-state index in [0.29, 0.717) is 6.42 Å². The first-order chi connectivity index (χ1) is 9.15. The molecule has 2 aromatic carbocycles. The van der Waals surface area contributed by atoms with Crippen LogP contribution in [0.2, 0.25) is 0 Å². The topological polar surface area (TPSA) is 17.1 Å². The lowest BCUT2D eigenvalue weighted by Gasteiger charge is -2.14. The van der Waals surface area contributed by atoms with Crippen molar-refractivity contribution in [3.63, 3.8) is 0 Å². The molecule has 0 N–H and O–H groups in total. The smallest absolute Gasteiger partial charge is 0.173 e. The first-order valence-corrected chi connectivity index (χ1v) is 6.18. The number of hydrogen-bond acceptors (Lipinski definition) is 1. The van der Waals surface area contributed by atoms with Crippen molar-refractivity contribution in [3.05, 3.63) is 71.3 Å². The molecule has 0 radical (unpaired) electrons. The summed E-state index contributed by atoms with van der Waals surface area (Å²) in [7, 11) is 0. The third-order valence-corrected chi connectivity index (χ3v) is 3.14. The molecule has 1 nitrogen and oxygen atoms in total. The van der Waals surface area contributed by atoms with Gasteiger partial charge in [0.15, 0.2) is 17.4 Å². The second-order valence-corrected chi connectivity index (χ2v) is 4.34. The van der Waals surface area contributed by atoms with E-state index in [-0.39, 0.29) is 11.3 Å². The zero-order chi connectivity index (χ0) is 13.8. The maximum Gasteiger partial charge on any atom is 0.173 e. The number of Topliss-reactive ketones (excluding diaryl/α,β-unsaturated/α-hetero) is 1. The third-order valence-electron chi connectivity index (χ3n) is 3.14. The van der Waals surface area contributed by atoms with Crippen molar-refractivity contribution in [1.29, 1.82) is 0 Å². The highest BCUT2D eigenvalue weighted by Crippen LogP contribution is 2.25. The molecule has 0 spiro atoms. The first kappa shape index (κ1) is 13.4. The summed E-state index contributed by atoms with van der Waals surface area (Å²) in [6, 6.07) is 12.8. The number of ketones is 1. The largest absolute Gasteiger partial charge is 0.293 e. The standard InChI is InChI=1S/C16H14F2O/c1-2-12(11-7-4-3-5-8-11)16(19)13-9-6-10-14(17)15(13)18/h3-10,12H,2H2,1H3. The molecule has 19 heavy (non-hydrogen) atoms. The summed E-state index contributed by atoms with van der Waals surface area (Å²) in [5.74, 6) is -2.89. The molecular formula is C16H14F2O. The molecule has 0 saturated carbocycles. The van der Waals surface area contributed by atoms with Gasteiger partial charge in [0.1, 0.15) is 0 Å². The van der Waals surface area contributed by atoms with Crippen LogP contribution in [0.1, 0.15) is 35.2 Å². The van der Waals surface area contributed by atoms with Crippen molar-refractivity contribution >= 4 is 5.78 Å². The molecule has 0 aromatic heterocycles. The number of benzene rings is 2. The quantitative estimate of drug-likeness (QED) is 0.747. The molecule has 2 aromatic rings. The fraction of sp³-hybridized carbons (Fsp3) is 0.188. The highest BCUT2D eigenvalue weighted by molar-refractivity contribution is 6.01. The van der Waals surface area contributed by atoms with Crippen molar-refractivity contribution < 1.29 is 13.6 Å². The summed E-state index contributed by atoms with van der Waals surface area (Å²) in [5, 5.41) is 0. The first-order valence-electron chi connectivity index (χ1n) is 6.18. The Kier molecular flexibility index (Phi) is 4.05. The van der Waals surface area contributed by atoms with Crippen LogP contribution in [0.4, 0.5) is 8.78 Å². The summed E-state index contributed by atoms with van der Waals surface area (Å²) >= 11 is 0. The zero-order valence-corrected chi connectivity index (χ0v) is 10.6. The van der Waals surface area contributed by atoms with E-state index in [9.17, 15) is 13.6 Å². The van der Waals surface area contributed by atoms with Gasteiger partial charge in [0.25, 0.3) is 0 Å². The van der Waals surface area contributed by atoms with Gasteiger partial charge in [0.2, 0.25) is 0 Å². The summed E-state index contributed by atoms with van der Waals surface area (Å²) in [6.07, 6.45) is 0.540. The van der Waals surface area contributed by atoms with Crippen molar-refractivity contribution in [2.24, 2.45) is 0 Å². The van der Waals surface area contributed by atoms with Crippen LogP contribution < -0.4 is 0 Å². The minimum Gasteiger partial charge on any atom is -0.293 e. The predicted octanol–water partition coefficient (Wildman–Crippen LogP) is 4.34. The Morgan fingerprint density at radius 3 is 2.37 bits per heavy atom. The Bertz CT molecular complexity index is 579. The van der Waals surface area contributed by atoms with Crippen molar-refractivity contribution in [3.8, 4) is 0 Å². The van der Waals surface area contributed by atoms with Crippen LogP contribution >= 0.6 is 0 Å². The third kappa shape index (κ3) is 2.70. The van der Waals surface area contributed by atoms with Gasteiger partial charge in [-0.1, -0.05) is 43.3 Å². The second kappa shape index (κ2) is 5.74. The number of carbonyl (C=O) groups is 1. The molecule has 0 amide bonds. The van der Waals surface area contributed by atoms with Crippen LogP contribution in [-0.2, 0) is 0 Å². The molecule has 1 atom stereocenters. The van der Waals surface area contributed by atoms with Gasteiger partial charge >= 0.3 is 0 Å². The van der Waals surface area contributed by atoms with Gasteiger partial charge in [-0.25, -0.2) is 8.78 Å². The van der Waals surface area contributed by atoms with E-state index in [4.69, 9.17) is 0 Å². The van der Waals surface area contributed by atoms with Gasteiger partial charge in [-0.05, 0) is 24.1 Å². The molecule has 0 aliphatic rings. The van der Waals surface area contributed by atoms with Gasteiger partial charge in [-0.2, -0.15) is 0 Å². The molecular weight excluding hydrogens is 246 g/mol. The average Bonchev–Trinajstić information content (AvgIpc) is 2.44. The normalized spacial score (nSPS) is 12.2. The summed E-state index contributed by atoms with van der Waals surface area (Å²) in [4.78, 5) is 12.3. The van der Waals surface area contributed by atoms with Crippen LogP contribution in [0, 0.1) is 11.6 Å². The summed E-state index contributed by atoms with van der Waals surface area (Å²) in [5.41, 5.74) is 0.634. The van der Waals surface area contributed by atoms with E-state index < -0.39 is 17.6 Å². The van der Waals surface area contributed by atoms with Crippen molar-refractivity contribution in [2.75, 3.05) is 0 Å². The molecule has 0 saturated heterocycles. The lowest BCUT2D eigenvalue weighted by molar-refractivity contribution is 0.0952. The Hall–Kier alpha value is -2.03. The molecule has 0 bridgehead atoms. The maximum absolute atomic E-state index is 13.7. The van der Waals surface area contributed by atoms with Gasteiger partial charge < -0.3 is 0 Å². The van der Waals surface area contributed by atoms with Crippen LogP contribution in [0.3, 0.4) is 0 Å². The Morgan fingerprint density at radius 1 is 1.05 bits per heavy atom. The summed E-state index contributed by atoms with van der Waals surface area (Å²) < 4.78 is 26.9. The van der Waals surface area contributed by atoms with Gasteiger partial charge in [-0.15, -0.1) is 0 Å². The average molecular weight is 260 g/mol. The molecule has 98 valence electrons. The Labute approximate surface area is 110 Å². The molecule has 0 aliphatic carbocycles. The molecule has 0 heterocycles. The van der Waals surface area contributed by atoms with Crippen LogP contribution in [0.5, 0.6) is 0 Å². The molecule has 2 rings (SSSR count). The van der Waals surface area contributed by atoms with E-state index in [2.05, 4.69) is 0 Å². The minimum atomic E-state index is -1.07. The Morgan fingerprint density at radius 2 is 1.74 bits per heavy atom. The van der Waals surface area contributed by atoms with E-state index >= 15 is 0 Å².